The van der Waals surface area contributed by atoms with Gasteiger partial charge in [0.05, 0.1) is 33.1 Å². The molecule has 1 aromatic heterocycles. The summed E-state index contributed by atoms with van der Waals surface area (Å²) in [5.41, 5.74) is 2.06. The van der Waals surface area contributed by atoms with E-state index in [0.717, 1.165) is 24.1 Å². The Morgan fingerprint density at radius 2 is 1.67 bits per heavy atom. The summed E-state index contributed by atoms with van der Waals surface area (Å²) < 4.78 is 36.9. The topological polar surface area (TPSA) is 93.5 Å². The highest BCUT2D eigenvalue weighted by atomic mass is 35.5. The number of carbonyl (C=O) groups excluding carboxylic acids is 1. The van der Waals surface area contributed by atoms with Crippen molar-refractivity contribution in [1.82, 2.24) is 14.7 Å². The van der Waals surface area contributed by atoms with Crippen molar-refractivity contribution < 1.29 is 17.9 Å². The van der Waals surface area contributed by atoms with E-state index >= 15 is 0 Å². The van der Waals surface area contributed by atoms with Gasteiger partial charge in [-0.05, 0) is 79.6 Å². The summed E-state index contributed by atoms with van der Waals surface area (Å²) in [7, 11) is -4.06. The van der Waals surface area contributed by atoms with Crippen molar-refractivity contribution in [1.29, 1.82) is 0 Å². The van der Waals surface area contributed by atoms with E-state index < -0.39 is 10.0 Å². The third kappa shape index (κ3) is 6.69. The molecule has 1 fully saturated rings. The van der Waals surface area contributed by atoms with E-state index in [1.54, 1.807) is 46.1 Å². The molecule has 0 saturated heterocycles. The fourth-order valence-corrected chi connectivity index (χ4v) is 6.02. The molecular formula is C32H26Cl2N4O4S. The van der Waals surface area contributed by atoms with Crippen LogP contribution in [0.4, 0.5) is 5.69 Å². The van der Waals surface area contributed by atoms with E-state index in [1.807, 2.05) is 36.5 Å². The Hall–Kier alpha value is -4.31. The van der Waals surface area contributed by atoms with Gasteiger partial charge < -0.3 is 9.64 Å². The Balaban J connectivity index is 1.22. The van der Waals surface area contributed by atoms with Crippen molar-refractivity contribution in [2.45, 2.75) is 30.3 Å². The number of hydrogen-bond donors (Lipinski definition) is 1. The molecule has 11 heteroatoms. The maximum atomic E-state index is 13.9. The molecule has 218 valence electrons. The maximum Gasteiger partial charge on any atom is 0.261 e. The quantitative estimate of drug-likeness (QED) is 0.171. The lowest BCUT2D eigenvalue weighted by atomic mass is 10.1. The van der Waals surface area contributed by atoms with Crippen LogP contribution in [0.3, 0.4) is 0 Å². The number of benzene rings is 4. The molecule has 1 aliphatic carbocycles. The Morgan fingerprint density at radius 1 is 0.953 bits per heavy atom. The largest absolute Gasteiger partial charge is 0.456 e. The zero-order valence-electron chi connectivity index (χ0n) is 22.7. The molecule has 8 nitrogen and oxygen atoms in total. The van der Waals surface area contributed by atoms with Gasteiger partial charge in [0.15, 0.2) is 0 Å². The molecule has 0 aliphatic heterocycles. The first-order chi connectivity index (χ1) is 20.8. The zero-order chi connectivity index (χ0) is 30.0. The lowest BCUT2D eigenvalue weighted by molar-refractivity contribution is 0.0731. The van der Waals surface area contributed by atoms with Crippen molar-refractivity contribution in [3.63, 3.8) is 0 Å². The third-order valence-electron chi connectivity index (χ3n) is 6.91. The number of para-hydroxylation sites is 2. The van der Waals surface area contributed by atoms with E-state index in [0.29, 0.717) is 28.1 Å². The monoisotopic (exact) mass is 632 g/mol. The maximum absolute atomic E-state index is 13.9. The number of sulfonamides is 1. The van der Waals surface area contributed by atoms with Gasteiger partial charge in [-0.25, -0.2) is 13.1 Å². The van der Waals surface area contributed by atoms with E-state index in [9.17, 15) is 13.2 Å². The van der Waals surface area contributed by atoms with Gasteiger partial charge >= 0.3 is 0 Å². The third-order valence-corrected chi connectivity index (χ3v) is 8.84. The van der Waals surface area contributed by atoms with Gasteiger partial charge in [-0.1, -0.05) is 53.5 Å². The number of rotatable bonds is 10. The van der Waals surface area contributed by atoms with Crippen LogP contribution in [-0.4, -0.2) is 35.0 Å². The molecule has 4 aromatic carbocycles. The van der Waals surface area contributed by atoms with Gasteiger partial charge in [-0.2, -0.15) is 5.10 Å². The Morgan fingerprint density at radius 3 is 2.40 bits per heavy atom. The van der Waals surface area contributed by atoms with Crippen LogP contribution in [0.15, 0.2) is 114 Å². The van der Waals surface area contributed by atoms with E-state index in [4.69, 9.17) is 27.9 Å². The van der Waals surface area contributed by atoms with Crippen LogP contribution >= 0.6 is 23.2 Å². The van der Waals surface area contributed by atoms with Crippen molar-refractivity contribution in [3.8, 4) is 17.2 Å². The predicted molar refractivity (Wildman–Crippen MR) is 167 cm³/mol. The summed E-state index contributed by atoms with van der Waals surface area (Å²) in [5, 5.41) is 5.20. The van der Waals surface area contributed by atoms with Crippen LogP contribution in [0.5, 0.6) is 11.5 Å². The molecule has 0 spiro atoms. The SMILES string of the molecule is O=C(c1cc(Cl)ccc1NS(=O)(=O)c1ccc(Oc2ccccc2Cl)cc1)N(Cc1cnn(-c2ccccc2)c1)C1CC1. The number of carbonyl (C=O) groups is 1. The highest BCUT2D eigenvalue weighted by Gasteiger charge is 2.35. The first kappa shape index (κ1) is 28.8. The normalized spacial score (nSPS) is 13.0. The lowest BCUT2D eigenvalue weighted by Gasteiger charge is -2.23. The van der Waals surface area contributed by atoms with Crippen molar-refractivity contribution >= 4 is 44.8 Å². The fourth-order valence-electron chi connectivity index (χ4n) is 4.60. The van der Waals surface area contributed by atoms with Crippen LogP contribution in [0.2, 0.25) is 10.0 Å². The van der Waals surface area contributed by atoms with Gasteiger partial charge in [0.1, 0.15) is 11.5 Å². The smallest absolute Gasteiger partial charge is 0.261 e. The molecule has 1 saturated carbocycles. The predicted octanol–water partition coefficient (Wildman–Crippen LogP) is 7.58. The van der Waals surface area contributed by atoms with Crippen LogP contribution in [0.1, 0.15) is 28.8 Å². The van der Waals surface area contributed by atoms with Gasteiger partial charge in [0.25, 0.3) is 15.9 Å². The summed E-state index contributed by atoms with van der Waals surface area (Å²) in [6.45, 7) is 0.321. The number of hydrogen-bond acceptors (Lipinski definition) is 5. The minimum absolute atomic E-state index is 0.000247. The average Bonchev–Trinajstić information content (AvgIpc) is 3.75. The molecule has 1 heterocycles. The summed E-state index contributed by atoms with van der Waals surface area (Å²) in [6.07, 6.45) is 5.35. The van der Waals surface area contributed by atoms with E-state index in [-0.39, 0.29) is 28.1 Å². The highest BCUT2D eigenvalue weighted by molar-refractivity contribution is 7.92. The Bertz CT molecular complexity index is 1880. The average molecular weight is 634 g/mol. The Labute approximate surface area is 259 Å². The minimum Gasteiger partial charge on any atom is -0.456 e. The van der Waals surface area contributed by atoms with Gasteiger partial charge in [-0.15, -0.1) is 0 Å². The molecule has 43 heavy (non-hydrogen) atoms. The van der Waals surface area contributed by atoms with Crippen molar-refractivity contribution in [3.05, 3.63) is 131 Å². The second kappa shape index (κ2) is 12.1. The lowest BCUT2D eigenvalue weighted by Crippen LogP contribution is -2.33. The van der Waals surface area contributed by atoms with Crippen LogP contribution in [-0.2, 0) is 16.6 Å². The fraction of sp³-hybridized carbons (Fsp3) is 0.125. The summed E-state index contributed by atoms with van der Waals surface area (Å²) in [4.78, 5) is 15.7. The van der Waals surface area contributed by atoms with Crippen molar-refractivity contribution in [2.24, 2.45) is 0 Å². The summed E-state index contributed by atoms with van der Waals surface area (Å²) >= 11 is 12.5. The standard InChI is InChI=1S/C32H26Cl2N4O4S/c33-23-10-17-30(36-43(40,41)27-15-13-26(14-16-27)42-31-9-5-4-8-29(31)34)28(18-23)32(39)37(24-11-12-24)20-22-19-35-38(21-22)25-6-2-1-3-7-25/h1-10,13-19,21,24,36H,11-12,20H2. The molecule has 0 unspecified atom stereocenters. The van der Waals surface area contributed by atoms with Crippen molar-refractivity contribution in [2.75, 3.05) is 4.72 Å². The number of anilines is 1. The van der Waals surface area contributed by atoms with Crippen LogP contribution in [0, 0.1) is 0 Å². The molecule has 0 bridgehead atoms. The van der Waals surface area contributed by atoms with Crippen LogP contribution in [0.25, 0.3) is 5.69 Å². The highest BCUT2D eigenvalue weighted by Crippen LogP contribution is 2.34. The first-order valence-corrected chi connectivity index (χ1v) is 15.8. The second-order valence-corrected chi connectivity index (χ2v) is 12.6. The number of ether oxygens (including phenoxy) is 1. The Kier molecular flexibility index (Phi) is 8.12. The molecular weight excluding hydrogens is 607 g/mol. The molecule has 1 amide bonds. The summed E-state index contributed by atoms with van der Waals surface area (Å²) in [6, 6.07) is 27.2. The number of halogens is 2. The molecule has 1 aliphatic rings. The molecule has 1 N–H and O–H groups in total. The molecule has 5 aromatic rings. The van der Waals surface area contributed by atoms with Gasteiger partial charge in [0, 0.05) is 29.4 Å². The van der Waals surface area contributed by atoms with Crippen LogP contribution < -0.4 is 9.46 Å². The minimum atomic E-state index is -4.06. The number of aromatic nitrogens is 2. The van der Waals surface area contributed by atoms with Gasteiger partial charge in [-0.3, -0.25) is 9.52 Å². The number of nitrogens with one attached hydrogen (secondary N) is 1. The number of nitrogens with zero attached hydrogens (tertiary/aromatic N) is 3. The number of amides is 1. The molecule has 0 atom stereocenters. The first-order valence-electron chi connectivity index (χ1n) is 13.5. The summed E-state index contributed by atoms with van der Waals surface area (Å²) in [5.74, 6) is 0.554. The van der Waals surface area contributed by atoms with Gasteiger partial charge in [0.2, 0.25) is 0 Å². The second-order valence-electron chi connectivity index (χ2n) is 10.1. The molecule has 0 radical (unpaired) electrons. The molecule has 6 rings (SSSR count). The van der Waals surface area contributed by atoms with E-state index in [2.05, 4.69) is 9.82 Å². The van der Waals surface area contributed by atoms with E-state index in [1.165, 1.54) is 36.4 Å². The zero-order valence-corrected chi connectivity index (χ0v) is 25.1.